The fourth-order valence-corrected chi connectivity index (χ4v) is 1.64. The van der Waals surface area contributed by atoms with Gasteiger partial charge in [-0.25, -0.2) is 4.79 Å². The highest BCUT2D eigenvalue weighted by Crippen LogP contribution is 2.21. The molecular formula is C6H8BrI2NO2. The number of ether oxygens (including phenoxy) is 1. The number of alkyl halides is 1. The van der Waals surface area contributed by atoms with Crippen LogP contribution in [0.25, 0.3) is 0 Å². The van der Waals surface area contributed by atoms with E-state index in [0.717, 1.165) is 3.58 Å². The van der Waals surface area contributed by atoms with E-state index < -0.39 is 6.09 Å². The zero-order valence-electron chi connectivity index (χ0n) is 6.31. The molecule has 0 radical (unpaired) electrons. The monoisotopic (exact) mass is 459 g/mol. The second-order valence-corrected chi connectivity index (χ2v) is 4.45. The van der Waals surface area contributed by atoms with Gasteiger partial charge in [-0.1, -0.05) is 22.6 Å². The van der Waals surface area contributed by atoms with Crippen LogP contribution in [-0.2, 0) is 4.74 Å². The lowest BCUT2D eigenvalue weighted by Gasteiger charge is -2.10. The Kier molecular flexibility index (Phi) is 7.95. The number of nitrogens with one attached hydrogen (secondary N) is 1. The molecule has 0 rings (SSSR count). The van der Waals surface area contributed by atoms with Gasteiger partial charge in [0.15, 0.2) is 5.01 Å². The Hall–Kier alpha value is 0.950. The molecular weight excluding hydrogens is 452 g/mol. The maximum atomic E-state index is 10.9. The second-order valence-electron chi connectivity index (χ2n) is 1.75. The van der Waals surface area contributed by atoms with Crippen molar-refractivity contribution in [3.05, 3.63) is 7.66 Å². The summed E-state index contributed by atoms with van der Waals surface area (Å²) in [6.45, 7) is 2.41. The Morgan fingerprint density at radius 3 is 2.83 bits per heavy atom. The number of alkyl carbamates (subject to hydrolysis) is 1. The number of hydrogen-bond donors (Lipinski definition) is 1. The van der Waals surface area contributed by atoms with Crippen LogP contribution in [0.3, 0.4) is 0 Å². The molecule has 0 saturated heterocycles. The van der Waals surface area contributed by atoms with E-state index in [2.05, 4.69) is 66.4 Å². The first-order valence-electron chi connectivity index (χ1n) is 3.16. The summed E-state index contributed by atoms with van der Waals surface area (Å²) >= 11 is 7.39. The zero-order chi connectivity index (χ0) is 9.56. The molecule has 1 N–H and O–H groups in total. The number of amides is 1. The summed E-state index contributed by atoms with van der Waals surface area (Å²) in [4.78, 5) is 10.9. The minimum absolute atomic E-state index is 0.346. The van der Waals surface area contributed by atoms with E-state index in [1.165, 1.54) is 0 Å². The molecule has 1 amide bonds. The average Bonchev–Trinajstić information content (AvgIpc) is 2.03. The highest BCUT2D eigenvalue weighted by atomic mass is 127. The van der Waals surface area contributed by atoms with Gasteiger partial charge in [0.2, 0.25) is 0 Å². The van der Waals surface area contributed by atoms with Gasteiger partial charge in [0, 0.05) is 10.1 Å². The van der Waals surface area contributed by atoms with Gasteiger partial charge in [0.1, 0.15) is 0 Å². The number of halogens is 3. The van der Waals surface area contributed by atoms with Crippen molar-refractivity contribution in [3.8, 4) is 0 Å². The second kappa shape index (κ2) is 7.36. The number of rotatable bonds is 3. The van der Waals surface area contributed by atoms with Crippen molar-refractivity contribution in [1.82, 2.24) is 5.32 Å². The minimum atomic E-state index is -0.410. The fraction of sp³-hybridized carbons (Fsp3) is 0.500. The number of hydrogen-bond acceptors (Lipinski definition) is 2. The molecule has 0 fully saturated rings. The first-order valence-corrected chi connectivity index (χ1v) is 6.40. The summed E-state index contributed by atoms with van der Waals surface area (Å²) in [6, 6.07) is 0. The molecule has 0 aliphatic rings. The molecule has 0 spiro atoms. The molecule has 0 aliphatic carbocycles. The van der Waals surface area contributed by atoms with Crippen LogP contribution < -0.4 is 5.32 Å². The Morgan fingerprint density at radius 2 is 2.42 bits per heavy atom. The van der Waals surface area contributed by atoms with E-state index in [1.54, 1.807) is 0 Å². The quantitative estimate of drug-likeness (QED) is 0.520. The minimum Gasteiger partial charge on any atom is -0.429 e. The summed E-state index contributed by atoms with van der Waals surface area (Å²) in [7, 11) is 0. The van der Waals surface area contributed by atoms with Gasteiger partial charge in [0.05, 0.1) is 0 Å². The first-order chi connectivity index (χ1) is 5.61. The molecule has 70 valence electrons. The van der Waals surface area contributed by atoms with Crippen LogP contribution in [0.2, 0.25) is 0 Å². The van der Waals surface area contributed by atoms with Gasteiger partial charge in [-0.05, 0) is 49.5 Å². The predicted molar refractivity (Wildman–Crippen MR) is 69.0 cm³/mol. The van der Waals surface area contributed by atoms with Crippen LogP contribution in [0.15, 0.2) is 7.66 Å². The lowest BCUT2D eigenvalue weighted by Crippen LogP contribution is -2.26. The van der Waals surface area contributed by atoms with E-state index in [4.69, 9.17) is 4.74 Å². The molecule has 0 aromatic rings. The van der Waals surface area contributed by atoms with Gasteiger partial charge in [-0.3, -0.25) is 0 Å². The van der Waals surface area contributed by atoms with E-state index in [0.29, 0.717) is 6.54 Å². The molecule has 0 saturated carbocycles. The van der Waals surface area contributed by atoms with Crippen LogP contribution >= 0.6 is 61.1 Å². The molecule has 1 unspecified atom stereocenters. The maximum absolute atomic E-state index is 10.9. The van der Waals surface area contributed by atoms with Crippen molar-refractivity contribution in [2.45, 2.75) is 11.9 Å². The molecule has 3 nitrogen and oxygen atoms in total. The molecule has 12 heavy (non-hydrogen) atoms. The van der Waals surface area contributed by atoms with Crippen molar-refractivity contribution >= 4 is 67.2 Å². The molecule has 6 heteroatoms. The van der Waals surface area contributed by atoms with Crippen LogP contribution in [0, 0.1) is 0 Å². The van der Waals surface area contributed by atoms with Crippen molar-refractivity contribution in [1.29, 1.82) is 0 Å². The van der Waals surface area contributed by atoms with Crippen molar-refractivity contribution in [2.75, 3.05) is 6.54 Å². The largest absolute Gasteiger partial charge is 0.429 e. The summed E-state index contributed by atoms with van der Waals surface area (Å²) in [5.41, 5.74) is 0. The maximum Gasteiger partial charge on any atom is 0.408 e. The van der Waals surface area contributed by atoms with E-state index in [9.17, 15) is 4.79 Å². The molecule has 0 heterocycles. The third-order valence-electron chi connectivity index (χ3n) is 0.853. The topological polar surface area (TPSA) is 38.3 Å². The fourth-order valence-electron chi connectivity index (χ4n) is 0.386. The lowest BCUT2D eigenvalue weighted by molar-refractivity contribution is 0.151. The van der Waals surface area contributed by atoms with E-state index >= 15 is 0 Å². The van der Waals surface area contributed by atoms with Gasteiger partial charge in [-0.15, -0.1) is 0 Å². The van der Waals surface area contributed by atoms with Crippen LogP contribution in [0.1, 0.15) is 6.92 Å². The molecule has 0 aliphatic heterocycles. The van der Waals surface area contributed by atoms with E-state index in [1.807, 2.05) is 11.0 Å². The normalized spacial score (nSPS) is 13.8. The van der Waals surface area contributed by atoms with Crippen molar-refractivity contribution in [3.63, 3.8) is 0 Å². The smallest absolute Gasteiger partial charge is 0.408 e. The lowest BCUT2D eigenvalue weighted by atomic mass is 10.7. The third-order valence-corrected chi connectivity index (χ3v) is 5.13. The molecule has 0 bridgehead atoms. The van der Waals surface area contributed by atoms with E-state index in [-0.39, 0.29) is 5.01 Å². The van der Waals surface area contributed by atoms with Gasteiger partial charge >= 0.3 is 6.09 Å². The molecule has 0 aromatic carbocycles. The van der Waals surface area contributed by atoms with Crippen LogP contribution in [0.5, 0.6) is 0 Å². The van der Waals surface area contributed by atoms with Crippen LogP contribution in [-0.4, -0.2) is 17.7 Å². The van der Waals surface area contributed by atoms with Crippen molar-refractivity contribution < 1.29 is 9.53 Å². The highest BCUT2D eigenvalue weighted by molar-refractivity contribution is 14.1. The standard InChI is InChI=1S/C6H8BrI2NO2/c1-2-10-6(11)12-5(7)4(9)3-8/h3,5H,2H2,1H3,(H,10,11). The molecule has 0 aromatic heterocycles. The first kappa shape index (κ1) is 12.9. The number of carbonyl (C=O) groups excluding carboxylic acids is 1. The SMILES string of the molecule is CCNC(=O)OC(Br)C(I)=CI. The Morgan fingerprint density at radius 1 is 1.83 bits per heavy atom. The van der Waals surface area contributed by atoms with Crippen molar-refractivity contribution in [2.24, 2.45) is 0 Å². The Balaban J connectivity index is 3.84. The third kappa shape index (κ3) is 5.57. The summed E-state index contributed by atoms with van der Waals surface area (Å²) < 4.78 is 7.70. The predicted octanol–water partition coefficient (Wildman–Crippen LogP) is 3.16. The number of carbonyl (C=O) groups is 1. The van der Waals surface area contributed by atoms with Gasteiger partial charge < -0.3 is 10.1 Å². The summed E-state index contributed by atoms with van der Waals surface area (Å²) in [5, 5.41) is 2.19. The van der Waals surface area contributed by atoms with Gasteiger partial charge in [0.25, 0.3) is 0 Å². The van der Waals surface area contributed by atoms with Gasteiger partial charge in [-0.2, -0.15) is 0 Å². The average molecular weight is 460 g/mol. The Labute approximate surface area is 107 Å². The zero-order valence-corrected chi connectivity index (χ0v) is 12.2. The summed E-state index contributed by atoms with van der Waals surface area (Å²) in [6.07, 6.45) is -0.410. The highest BCUT2D eigenvalue weighted by Gasteiger charge is 2.11. The molecule has 1 atom stereocenters. The van der Waals surface area contributed by atoms with Crippen LogP contribution in [0.4, 0.5) is 4.79 Å². The Bertz CT molecular complexity index is 186. The summed E-state index contributed by atoms with van der Waals surface area (Å²) in [5.74, 6) is 0.